The summed E-state index contributed by atoms with van der Waals surface area (Å²) in [7, 11) is 1.71. The maximum absolute atomic E-state index is 12.2. The number of aromatic nitrogens is 2. The maximum Gasteiger partial charge on any atom is 0.418 e. The van der Waals surface area contributed by atoms with Crippen LogP contribution in [0.15, 0.2) is 36.4 Å². The number of carbonyl (C=O) groups is 1. The van der Waals surface area contributed by atoms with Gasteiger partial charge in [0.05, 0.1) is 21.7 Å². The quantitative estimate of drug-likeness (QED) is 0.417. The number of amides is 1. The Bertz CT molecular complexity index is 1170. The predicted octanol–water partition coefficient (Wildman–Crippen LogP) is 5.89. The van der Waals surface area contributed by atoms with Crippen LogP contribution < -0.4 is 4.90 Å². The van der Waals surface area contributed by atoms with Gasteiger partial charge < -0.3 is 9.67 Å². The summed E-state index contributed by atoms with van der Waals surface area (Å²) in [5, 5.41) is 21.6. The molecule has 0 aliphatic heterocycles. The summed E-state index contributed by atoms with van der Waals surface area (Å²) in [6.45, 7) is 11.9. The zero-order valence-electron chi connectivity index (χ0n) is 18.9. The van der Waals surface area contributed by atoms with E-state index in [2.05, 4.69) is 25.8 Å². The van der Waals surface area contributed by atoms with Gasteiger partial charge in [0.25, 0.3) is 5.69 Å². The number of anilines is 2. The number of aryl methyl sites for hydroxylation is 1. The molecule has 8 heteroatoms. The van der Waals surface area contributed by atoms with E-state index in [4.69, 9.17) is 0 Å². The van der Waals surface area contributed by atoms with Crippen LogP contribution in [-0.2, 0) is 17.9 Å². The Morgan fingerprint density at radius 2 is 1.61 bits per heavy atom. The molecular formula is C23H28N4O4. The summed E-state index contributed by atoms with van der Waals surface area (Å²) in [5.74, 6) is 0.178. The molecule has 0 spiro atoms. The van der Waals surface area contributed by atoms with E-state index in [9.17, 15) is 20.0 Å². The highest BCUT2D eigenvalue weighted by molar-refractivity contribution is 5.96. The first-order valence-corrected chi connectivity index (χ1v) is 10.0. The number of nitrogens with zero attached hydrogens (tertiary/aromatic N) is 4. The molecule has 0 unspecified atom stereocenters. The van der Waals surface area contributed by atoms with Gasteiger partial charge in [-0.05, 0) is 34.6 Å². The topological polar surface area (TPSA) is 102 Å². The fourth-order valence-corrected chi connectivity index (χ4v) is 3.75. The highest BCUT2D eigenvalue weighted by Crippen LogP contribution is 2.39. The summed E-state index contributed by atoms with van der Waals surface area (Å²) in [4.78, 5) is 29.2. The molecule has 0 saturated heterocycles. The van der Waals surface area contributed by atoms with Crippen molar-refractivity contribution in [2.45, 2.75) is 52.4 Å². The largest absolute Gasteiger partial charge is 0.464 e. The number of nitro benzene ring substituents is 1. The zero-order chi connectivity index (χ0) is 23.3. The third kappa shape index (κ3) is 3.97. The van der Waals surface area contributed by atoms with Gasteiger partial charge in [0.15, 0.2) is 0 Å². The molecule has 8 nitrogen and oxygen atoms in total. The van der Waals surface area contributed by atoms with Gasteiger partial charge in [0.1, 0.15) is 5.52 Å². The number of imidazole rings is 1. The van der Waals surface area contributed by atoms with E-state index < -0.39 is 16.4 Å². The number of fused-ring (bicyclic) bond motifs is 1. The molecule has 3 rings (SSSR count). The number of hydrogen-bond acceptors (Lipinski definition) is 4. The van der Waals surface area contributed by atoms with Crippen LogP contribution in [0.3, 0.4) is 0 Å². The van der Waals surface area contributed by atoms with Gasteiger partial charge in [0.2, 0.25) is 5.95 Å². The van der Waals surface area contributed by atoms with E-state index in [1.54, 1.807) is 29.8 Å². The molecule has 1 aromatic heterocycles. The molecule has 0 radical (unpaired) electrons. The molecule has 164 valence electrons. The lowest BCUT2D eigenvalue weighted by atomic mass is 9.85. The van der Waals surface area contributed by atoms with E-state index in [1.165, 1.54) is 6.07 Å². The number of nitro groups is 1. The molecule has 0 saturated carbocycles. The first-order valence-electron chi connectivity index (χ1n) is 10.0. The van der Waals surface area contributed by atoms with E-state index in [0.717, 1.165) is 10.5 Å². The van der Waals surface area contributed by atoms with Crippen LogP contribution in [0.5, 0.6) is 0 Å². The third-order valence-electron chi connectivity index (χ3n) is 5.34. The summed E-state index contributed by atoms with van der Waals surface area (Å²) < 4.78 is 1.65. The third-order valence-corrected chi connectivity index (χ3v) is 5.34. The SMILES string of the molecule is Cn1c(N(C(=O)O)c2ccc(C(C)(C)C)cc2)nc2c(C(C)(C)C)c([N+](=O)[O-])ccc21. The minimum atomic E-state index is -1.19. The van der Waals surface area contributed by atoms with Gasteiger partial charge in [-0.15, -0.1) is 0 Å². The lowest BCUT2D eigenvalue weighted by Gasteiger charge is -2.22. The van der Waals surface area contributed by atoms with Crippen molar-refractivity contribution in [2.75, 3.05) is 4.90 Å². The van der Waals surface area contributed by atoms with Gasteiger partial charge in [-0.25, -0.2) is 14.7 Å². The van der Waals surface area contributed by atoms with Crippen molar-refractivity contribution in [3.05, 3.63) is 57.6 Å². The molecule has 0 fully saturated rings. The van der Waals surface area contributed by atoms with E-state index in [0.29, 0.717) is 22.3 Å². The lowest BCUT2D eigenvalue weighted by Crippen LogP contribution is -2.26. The number of carboxylic acid groups (broad SMARTS) is 1. The second kappa shape index (κ2) is 7.37. The maximum atomic E-state index is 12.2. The Morgan fingerprint density at radius 3 is 2.06 bits per heavy atom. The van der Waals surface area contributed by atoms with Crippen LogP contribution in [-0.4, -0.2) is 25.7 Å². The van der Waals surface area contributed by atoms with Gasteiger partial charge in [0, 0.05) is 13.1 Å². The fourth-order valence-electron chi connectivity index (χ4n) is 3.75. The van der Waals surface area contributed by atoms with E-state index >= 15 is 0 Å². The van der Waals surface area contributed by atoms with Crippen LogP contribution in [0.4, 0.5) is 22.1 Å². The minimum absolute atomic E-state index is 0.0268. The molecule has 31 heavy (non-hydrogen) atoms. The van der Waals surface area contributed by atoms with Crippen molar-refractivity contribution >= 4 is 34.4 Å². The van der Waals surface area contributed by atoms with Crippen molar-refractivity contribution in [1.82, 2.24) is 9.55 Å². The second-order valence-electron chi connectivity index (χ2n) is 9.72. The van der Waals surface area contributed by atoms with Crippen LogP contribution in [0.1, 0.15) is 52.7 Å². The Hall–Kier alpha value is -3.42. The highest BCUT2D eigenvalue weighted by atomic mass is 16.6. The normalized spacial score (nSPS) is 12.2. The smallest absolute Gasteiger partial charge is 0.418 e. The molecule has 0 aliphatic carbocycles. The average Bonchev–Trinajstić information content (AvgIpc) is 2.96. The van der Waals surface area contributed by atoms with Crippen LogP contribution in [0.2, 0.25) is 0 Å². The summed E-state index contributed by atoms with van der Waals surface area (Å²) in [5.41, 5.74) is 2.41. The number of benzene rings is 2. The molecule has 0 aliphatic rings. The number of rotatable bonds is 3. The summed E-state index contributed by atoms with van der Waals surface area (Å²) in [6.07, 6.45) is -1.19. The Morgan fingerprint density at radius 1 is 1.03 bits per heavy atom. The monoisotopic (exact) mass is 424 g/mol. The Balaban J connectivity index is 2.26. The van der Waals surface area contributed by atoms with Crippen molar-refractivity contribution in [3.63, 3.8) is 0 Å². The fraction of sp³-hybridized carbons (Fsp3) is 0.391. The molecule has 0 bridgehead atoms. The standard InChI is InChI=1S/C23H28N4O4/c1-22(2,3)14-8-10-15(11-9-14)26(21(28)29)20-24-19-17(25(20)7)13-12-16(27(30)31)18(19)23(4,5)6/h8-13H,1-7H3,(H,28,29). The predicted molar refractivity (Wildman–Crippen MR) is 121 cm³/mol. The van der Waals surface area contributed by atoms with Crippen molar-refractivity contribution in [2.24, 2.45) is 7.05 Å². The van der Waals surface area contributed by atoms with Crippen molar-refractivity contribution in [1.29, 1.82) is 0 Å². The zero-order valence-corrected chi connectivity index (χ0v) is 18.9. The van der Waals surface area contributed by atoms with Crippen LogP contribution >= 0.6 is 0 Å². The number of hydrogen-bond donors (Lipinski definition) is 1. The Kier molecular flexibility index (Phi) is 5.29. The first kappa shape index (κ1) is 22.3. The molecule has 1 amide bonds. The van der Waals surface area contributed by atoms with Gasteiger partial charge in [-0.3, -0.25) is 10.1 Å². The first-order chi connectivity index (χ1) is 14.2. The van der Waals surface area contributed by atoms with E-state index in [-0.39, 0.29) is 17.1 Å². The molecule has 1 N–H and O–H groups in total. The molecular weight excluding hydrogens is 396 g/mol. The molecule has 2 aromatic carbocycles. The van der Waals surface area contributed by atoms with Crippen molar-refractivity contribution in [3.8, 4) is 0 Å². The van der Waals surface area contributed by atoms with E-state index in [1.807, 2.05) is 32.9 Å². The van der Waals surface area contributed by atoms with Gasteiger partial charge in [-0.2, -0.15) is 0 Å². The molecule has 3 aromatic rings. The van der Waals surface area contributed by atoms with Crippen LogP contribution in [0.25, 0.3) is 11.0 Å². The van der Waals surface area contributed by atoms with Crippen LogP contribution in [0, 0.1) is 10.1 Å². The molecule has 1 heterocycles. The molecule has 0 atom stereocenters. The second-order valence-corrected chi connectivity index (χ2v) is 9.72. The minimum Gasteiger partial charge on any atom is -0.464 e. The summed E-state index contributed by atoms with van der Waals surface area (Å²) >= 11 is 0. The van der Waals surface area contributed by atoms with Gasteiger partial charge >= 0.3 is 6.09 Å². The van der Waals surface area contributed by atoms with Gasteiger partial charge in [-0.1, -0.05) is 53.7 Å². The Labute approximate surface area is 181 Å². The lowest BCUT2D eigenvalue weighted by molar-refractivity contribution is -0.385. The van der Waals surface area contributed by atoms with Crippen molar-refractivity contribution < 1.29 is 14.8 Å². The highest BCUT2D eigenvalue weighted by Gasteiger charge is 2.32. The average molecular weight is 425 g/mol. The summed E-state index contributed by atoms with van der Waals surface area (Å²) in [6, 6.07) is 10.4.